The fourth-order valence-corrected chi connectivity index (χ4v) is 3.07. The zero-order chi connectivity index (χ0) is 12.3. The van der Waals surface area contributed by atoms with Crippen molar-refractivity contribution in [2.24, 2.45) is 0 Å². The van der Waals surface area contributed by atoms with E-state index in [0.717, 1.165) is 17.1 Å². The van der Waals surface area contributed by atoms with Gasteiger partial charge in [-0.3, -0.25) is 0 Å². The number of fused-ring (bicyclic) bond motifs is 1. The van der Waals surface area contributed by atoms with Crippen LogP contribution in [0.3, 0.4) is 0 Å². The second-order valence-electron chi connectivity index (χ2n) is 4.09. The maximum Gasteiger partial charge on any atom is 0.390 e. The summed E-state index contributed by atoms with van der Waals surface area (Å²) in [6.07, 6.45) is -4.84. The first-order valence-corrected chi connectivity index (χ1v) is 6.67. The molecule has 1 aliphatic rings. The molecule has 0 saturated heterocycles. The standard InChI is InChI=1S/C12H14F3NS/c13-12(14,15)5-6-16-11-8-17-7-9-3-1-2-4-10(9)11/h1-4,11,16H,5-8H2. The van der Waals surface area contributed by atoms with Crippen LogP contribution in [-0.2, 0) is 5.75 Å². The minimum absolute atomic E-state index is 0.0109. The number of hydrogen-bond donors (Lipinski definition) is 1. The van der Waals surface area contributed by atoms with Gasteiger partial charge in [0.15, 0.2) is 0 Å². The van der Waals surface area contributed by atoms with E-state index in [1.54, 1.807) is 11.8 Å². The van der Waals surface area contributed by atoms with Gasteiger partial charge in [0.25, 0.3) is 0 Å². The molecule has 1 aliphatic heterocycles. The average Bonchev–Trinajstić information content (AvgIpc) is 2.28. The predicted molar refractivity (Wildman–Crippen MR) is 64.0 cm³/mol. The molecule has 5 heteroatoms. The molecule has 0 fully saturated rings. The van der Waals surface area contributed by atoms with E-state index in [9.17, 15) is 13.2 Å². The first-order chi connectivity index (χ1) is 8.06. The van der Waals surface area contributed by atoms with Crippen LogP contribution < -0.4 is 5.32 Å². The Balaban J connectivity index is 1.95. The third kappa shape index (κ3) is 3.64. The normalized spacial score (nSPS) is 20.1. The minimum Gasteiger partial charge on any atom is -0.309 e. The van der Waals surface area contributed by atoms with Gasteiger partial charge in [-0.15, -0.1) is 0 Å². The van der Waals surface area contributed by atoms with Gasteiger partial charge in [-0.2, -0.15) is 24.9 Å². The summed E-state index contributed by atoms with van der Waals surface area (Å²) in [6.45, 7) is -0.0109. The quantitative estimate of drug-likeness (QED) is 0.893. The van der Waals surface area contributed by atoms with Crippen LogP contribution in [0.25, 0.3) is 0 Å². The van der Waals surface area contributed by atoms with Gasteiger partial charge in [-0.25, -0.2) is 0 Å². The fourth-order valence-electron chi connectivity index (χ4n) is 1.94. The van der Waals surface area contributed by atoms with Crippen molar-refractivity contribution in [1.82, 2.24) is 5.32 Å². The van der Waals surface area contributed by atoms with Crippen LogP contribution in [-0.4, -0.2) is 18.5 Å². The molecule has 0 aromatic heterocycles. The molecule has 0 radical (unpaired) electrons. The zero-order valence-corrected chi connectivity index (χ0v) is 10.1. The Morgan fingerprint density at radius 3 is 2.82 bits per heavy atom. The van der Waals surface area contributed by atoms with Crippen LogP contribution in [0.4, 0.5) is 13.2 Å². The molecule has 0 aliphatic carbocycles. The summed E-state index contributed by atoms with van der Waals surface area (Å²) >= 11 is 1.76. The Morgan fingerprint density at radius 1 is 1.29 bits per heavy atom. The highest BCUT2D eigenvalue weighted by atomic mass is 32.2. The zero-order valence-electron chi connectivity index (χ0n) is 9.26. The number of hydrogen-bond acceptors (Lipinski definition) is 2. The summed E-state index contributed by atoms with van der Waals surface area (Å²) in [6, 6.07) is 8.00. The molecule has 1 unspecified atom stereocenters. The molecule has 1 N–H and O–H groups in total. The summed E-state index contributed by atoms with van der Waals surface area (Å²) in [5.74, 6) is 1.79. The minimum atomic E-state index is -4.08. The molecule has 17 heavy (non-hydrogen) atoms. The van der Waals surface area contributed by atoms with Gasteiger partial charge >= 0.3 is 6.18 Å². The molecular formula is C12H14F3NS. The van der Waals surface area contributed by atoms with Crippen molar-refractivity contribution in [3.63, 3.8) is 0 Å². The van der Waals surface area contributed by atoms with Crippen LogP contribution in [0.1, 0.15) is 23.6 Å². The molecule has 2 rings (SSSR count). The predicted octanol–water partition coefficient (Wildman–Crippen LogP) is 3.52. The Labute approximate surface area is 103 Å². The van der Waals surface area contributed by atoms with E-state index >= 15 is 0 Å². The number of halogens is 3. The second-order valence-corrected chi connectivity index (χ2v) is 5.12. The maximum absolute atomic E-state index is 12.1. The fraction of sp³-hybridized carbons (Fsp3) is 0.500. The lowest BCUT2D eigenvalue weighted by atomic mass is 10.0. The lowest BCUT2D eigenvalue weighted by molar-refractivity contribution is -0.133. The van der Waals surface area contributed by atoms with Crippen LogP contribution in [0.2, 0.25) is 0 Å². The monoisotopic (exact) mass is 261 g/mol. The number of nitrogens with one attached hydrogen (secondary N) is 1. The molecule has 0 saturated carbocycles. The van der Waals surface area contributed by atoms with Crippen molar-refractivity contribution >= 4 is 11.8 Å². The summed E-state index contributed by atoms with van der Waals surface area (Å²) < 4.78 is 36.2. The Morgan fingerprint density at radius 2 is 2.06 bits per heavy atom. The van der Waals surface area contributed by atoms with Gasteiger partial charge in [-0.05, 0) is 11.1 Å². The Kier molecular flexibility index (Phi) is 3.99. The molecule has 94 valence electrons. The molecule has 0 spiro atoms. The Hall–Kier alpha value is -0.680. The molecule has 1 nitrogen and oxygen atoms in total. The molecule has 0 bridgehead atoms. The molecule has 0 amide bonds. The SMILES string of the molecule is FC(F)(F)CCNC1CSCc2ccccc21. The lowest BCUT2D eigenvalue weighted by Crippen LogP contribution is -2.29. The molecule has 1 aromatic carbocycles. The van der Waals surface area contributed by atoms with Crippen LogP contribution >= 0.6 is 11.8 Å². The van der Waals surface area contributed by atoms with E-state index in [0.29, 0.717) is 0 Å². The highest BCUT2D eigenvalue weighted by molar-refractivity contribution is 7.98. The van der Waals surface area contributed by atoms with Crippen molar-refractivity contribution in [3.8, 4) is 0 Å². The van der Waals surface area contributed by atoms with Crippen LogP contribution in [0.15, 0.2) is 24.3 Å². The van der Waals surface area contributed by atoms with Crippen LogP contribution in [0, 0.1) is 0 Å². The third-order valence-corrected chi connectivity index (χ3v) is 3.86. The number of rotatable bonds is 3. The van der Waals surface area contributed by atoms with Gasteiger partial charge in [0.05, 0.1) is 6.42 Å². The smallest absolute Gasteiger partial charge is 0.309 e. The third-order valence-electron chi connectivity index (χ3n) is 2.77. The topological polar surface area (TPSA) is 12.0 Å². The van der Waals surface area contributed by atoms with Crippen molar-refractivity contribution in [2.45, 2.75) is 24.4 Å². The highest BCUT2D eigenvalue weighted by Crippen LogP contribution is 2.31. The van der Waals surface area contributed by atoms with Gasteiger partial charge in [-0.1, -0.05) is 24.3 Å². The highest BCUT2D eigenvalue weighted by Gasteiger charge is 2.27. The maximum atomic E-state index is 12.1. The van der Waals surface area contributed by atoms with E-state index in [4.69, 9.17) is 0 Å². The number of alkyl halides is 3. The van der Waals surface area contributed by atoms with E-state index in [-0.39, 0.29) is 12.6 Å². The van der Waals surface area contributed by atoms with Gasteiger partial charge in [0, 0.05) is 24.1 Å². The van der Waals surface area contributed by atoms with Crippen molar-refractivity contribution < 1.29 is 13.2 Å². The second kappa shape index (κ2) is 5.31. The number of thioether (sulfide) groups is 1. The number of benzene rings is 1. The summed E-state index contributed by atoms with van der Waals surface area (Å²) in [4.78, 5) is 0. The summed E-state index contributed by atoms with van der Waals surface area (Å²) in [5.41, 5.74) is 2.38. The molecular weight excluding hydrogens is 247 g/mol. The summed E-state index contributed by atoms with van der Waals surface area (Å²) in [5, 5.41) is 2.99. The van der Waals surface area contributed by atoms with Gasteiger partial charge < -0.3 is 5.32 Å². The largest absolute Gasteiger partial charge is 0.390 e. The van der Waals surface area contributed by atoms with E-state index in [2.05, 4.69) is 5.32 Å². The molecule has 1 atom stereocenters. The van der Waals surface area contributed by atoms with Crippen LogP contribution in [0.5, 0.6) is 0 Å². The summed E-state index contributed by atoms with van der Waals surface area (Å²) in [7, 11) is 0. The van der Waals surface area contributed by atoms with E-state index in [1.165, 1.54) is 5.56 Å². The van der Waals surface area contributed by atoms with E-state index < -0.39 is 12.6 Å². The molecule has 1 aromatic rings. The van der Waals surface area contributed by atoms with Gasteiger partial charge in [0.2, 0.25) is 0 Å². The van der Waals surface area contributed by atoms with Crippen molar-refractivity contribution in [2.75, 3.05) is 12.3 Å². The molecule has 1 heterocycles. The first-order valence-electron chi connectivity index (χ1n) is 5.52. The van der Waals surface area contributed by atoms with Gasteiger partial charge in [0.1, 0.15) is 0 Å². The Bertz CT molecular complexity index is 378. The average molecular weight is 261 g/mol. The lowest BCUT2D eigenvalue weighted by Gasteiger charge is -2.26. The first kappa shape index (κ1) is 12.8. The van der Waals surface area contributed by atoms with E-state index in [1.807, 2.05) is 24.3 Å². The van der Waals surface area contributed by atoms with Crippen molar-refractivity contribution in [1.29, 1.82) is 0 Å². The van der Waals surface area contributed by atoms with Crippen molar-refractivity contribution in [3.05, 3.63) is 35.4 Å².